The van der Waals surface area contributed by atoms with Crippen molar-refractivity contribution in [2.75, 3.05) is 0 Å². The highest BCUT2D eigenvalue weighted by atomic mass is 16.5. The van der Waals surface area contributed by atoms with Crippen LogP contribution in [0.5, 0.6) is 0 Å². The van der Waals surface area contributed by atoms with Crippen molar-refractivity contribution in [3.8, 4) is 11.4 Å². The maximum absolute atomic E-state index is 11.4. The Labute approximate surface area is 103 Å². The molecule has 2 aromatic rings. The summed E-state index contributed by atoms with van der Waals surface area (Å²) in [7, 11) is 0. The molecule has 0 atom stereocenters. The van der Waals surface area contributed by atoms with E-state index in [0.29, 0.717) is 5.69 Å². The first-order valence-corrected chi connectivity index (χ1v) is 5.60. The number of amides is 1. The van der Waals surface area contributed by atoms with Gasteiger partial charge in [-0.3, -0.25) is 4.79 Å². The van der Waals surface area contributed by atoms with Crippen LogP contribution in [0.4, 0.5) is 0 Å². The summed E-state index contributed by atoms with van der Waals surface area (Å²) in [6, 6.07) is 0. The number of hydrogen-bond donors (Lipinski definition) is 1. The number of rotatable bonds is 1. The number of primary amides is 1. The Morgan fingerprint density at radius 1 is 1.44 bits per heavy atom. The van der Waals surface area contributed by atoms with Crippen molar-refractivity contribution in [1.29, 1.82) is 0 Å². The topological polar surface area (TPSA) is 94.9 Å². The molecule has 3 rings (SSSR count). The molecule has 0 aromatic carbocycles. The zero-order chi connectivity index (χ0) is 12.9. The monoisotopic (exact) mass is 244 g/mol. The fraction of sp³-hybridized carbons (Fsp3) is 0.333. The Balaban J connectivity index is 2.33. The third-order valence-electron chi connectivity index (χ3n) is 3.24. The highest BCUT2D eigenvalue weighted by Gasteiger charge is 2.39. The summed E-state index contributed by atoms with van der Waals surface area (Å²) in [6.07, 6.45) is 3.95. The molecule has 2 N–H and O–H groups in total. The van der Waals surface area contributed by atoms with Crippen LogP contribution in [0.3, 0.4) is 0 Å². The SMILES string of the molecule is CC1(C)Cc2cncnc2-c2noc(C(N)=O)c21. The van der Waals surface area contributed by atoms with Crippen LogP contribution in [0.2, 0.25) is 0 Å². The maximum atomic E-state index is 11.4. The molecule has 92 valence electrons. The van der Waals surface area contributed by atoms with Crippen molar-refractivity contribution in [2.24, 2.45) is 5.73 Å². The van der Waals surface area contributed by atoms with Crippen LogP contribution < -0.4 is 5.73 Å². The number of carbonyl (C=O) groups is 1. The molecular formula is C12H12N4O2. The molecule has 0 aliphatic heterocycles. The van der Waals surface area contributed by atoms with Gasteiger partial charge in [0, 0.05) is 17.2 Å². The lowest BCUT2D eigenvalue weighted by molar-refractivity contribution is 0.0962. The second-order valence-corrected chi connectivity index (χ2v) is 5.06. The van der Waals surface area contributed by atoms with E-state index in [-0.39, 0.29) is 11.2 Å². The van der Waals surface area contributed by atoms with E-state index in [9.17, 15) is 4.79 Å². The molecule has 2 aromatic heterocycles. The first-order valence-electron chi connectivity index (χ1n) is 5.60. The van der Waals surface area contributed by atoms with Gasteiger partial charge >= 0.3 is 0 Å². The highest BCUT2D eigenvalue weighted by molar-refractivity contribution is 5.94. The number of fused-ring (bicyclic) bond motifs is 3. The van der Waals surface area contributed by atoms with Crippen molar-refractivity contribution >= 4 is 5.91 Å². The van der Waals surface area contributed by atoms with Gasteiger partial charge in [-0.1, -0.05) is 19.0 Å². The number of nitrogens with zero attached hydrogens (tertiary/aromatic N) is 3. The van der Waals surface area contributed by atoms with Gasteiger partial charge in [-0.2, -0.15) is 0 Å². The molecular weight excluding hydrogens is 232 g/mol. The van der Waals surface area contributed by atoms with E-state index in [4.69, 9.17) is 10.3 Å². The smallest absolute Gasteiger partial charge is 0.287 e. The lowest BCUT2D eigenvalue weighted by atomic mass is 9.73. The molecule has 0 spiro atoms. The quantitative estimate of drug-likeness (QED) is 0.809. The minimum Gasteiger partial charge on any atom is -0.363 e. The second kappa shape index (κ2) is 3.38. The van der Waals surface area contributed by atoms with E-state index in [1.165, 1.54) is 6.33 Å². The highest BCUT2D eigenvalue weighted by Crippen LogP contribution is 2.42. The Morgan fingerprint density at radius 3 is 2.94 bits per heavy atom. The van der Waals surface area contributed by atoms with E-state index < -0.39 is 5.91 Å². The zero-order valence-electron chi connectivity index (χ0n) is 10.1. The van der Waals surface area contributed by atoms with E-state index in [2.05, 4.69) is 15.1 Å². The molecule has 6 nitrogen and oxygen atoms in total. The van der Waals surface area contributed by atoms with Crippen LogP contribution in [0.1, 0.15) is 35.5 Å². The summed E-state index contributed by atoms with van der Waals surface area (Å²) >= 11 is 0. The average molecular weight is 244 g/mol. The lowest BCUT2D eigenvalue weighted by Gasteiger charge is -2.29. The number of aromatic nitrogens is 3. The summed E-state index contributed by atoms with van der Waals surface area (Å²) in [6.45, 7) is 4.04. The summed E-state index contributed by atoms with van der Waals surface area (Å²) in [4.78, 5) is 19.6. The van der Waals surface area contributed by atoms with Gasteiger partial charge in [-0.25, -0.2) is 9.97 Å². The van der Waals surface area contributed by atoms with Gasteiger partial charge < -0.3 is 10.3 Å². The van der Waals surface area contributed by atoms with Crippen LogP contribution in [-0.4, -0.2) is 21.0 Å². The fourth-order valence-corrected chi connectivity index (χ4v) is 2.51. The maximum Gasteiger partial charge on any atom is 0.287 e. The van der Waals surface area contributed by atoms with Gasteiger partial charge in [0.1, 0.15) is 12.0 Å². The largest absolute Gasteiger partial charge is 0.363 e. The van der Waals surface area contributed by atoms with E-state index in [1.807, 2.05) is 13.8 Å². The molecule has 18 heavy (non-hydrogen) atoms. The first-order chi connectivity index (χ1) is 8.50. The van der Waals surface area contributed by atoms with Crippen molar-refractivity contribution in [3.05, 3.63) is 29.4 Å². The molecule has 0 bridgehead atoms. The fourth-order valence-electron chi connectivity index (χ4n) is 2.51. The molecule has 0 unspecified atom stereocenters. The average Bonchev–Trinajstić information content (AvgIpc) is 2.74. The Bertz CT molecular complexity index is 645. The van der Waals surface area contributed by atoms with Gasteiger partial charge in [0.25, 0.3) is 5.91 Å². The molecule has 2 heterocycles. The van der Waals surface area contributed by atoms with Crippen LogP contribution in [0, 0.1) is 0 Å². The molecule has 6 heteroatoms. The predicted octanol–water partition coefficient (Wildman–Crippen LogP) is 1.06. The molecule has 1 aliphatic carbocycles. The zero-order valence-corrected chi connectivity index (χ0v) is 10.1. The number of hydrogen-bond acceptors (Lipinski definition) is 5. The molecule has 0 fully saturated rings. The molecule has 1 aliphatic rings. The van der Waals surface area contributed by atoms with Crippen LogP contribution in [0.25, 0.3) is 11.4 Å². The summed E-state index contributed by atoms with van der Waals surface area (Å²) in [5.41, 5.74) is 8.09. The van der Waals surface area contributed by atoms with Crippen LogP contribution in [-0.2, 0) is 11.8 Å². The van der Waals surface area contributed by atoms with Gasteiger partial charge in [-0.15, -0.1) is 0 Å². The van der Waals surface area contributed by atoms with Crippen LogP contribution >= 0.6 is 0 Å². The standard InChI is InChI=1S/C12H12N4O2/c1-12(2)3-6-4-14-5-15-8(6)9-7(12)10(11(13)17)18-16-9/h4-5H,3H2,1-2H3,(H2,13,17). The van der Waals surface area contributed by atoms with Crippen molar-refractivity contribution in [1.82, 2.24) is 15.1 Å². The molecule has 0 radical (unpaired) electrons. The summed E-state index contributed by atoms with van der Waals surface area (Å²) < 4.78 is 5.09. The second-order valence-electron chi connectivity index (χ2n) is 5.06. The molecule has 0 saturated carbocycles. The number of carbonyl (C=O) groups excluding carboxylic acids is 1. The minimum atomic E-state index is -0.602. The third-order valence-corrected chi connectivity index (χ3v) is 3.24. The van der Waals surface area contributed by atoms with E-state index in [0.717, 1.165) is 23.2 Å². The Kier molecular flexibility index (Phi) is 2.04. The summed E-state index contributed by atoms with van der Waals surface area (Å²) in [5, 5.41) is 3.95. The van der Waals surface area contributed by atoms with E-state index in [1.54, 1.807) is 6.20 Å². The number of nitrogens with two attached hydrogens (primary N) is 1. The van der Waals surface area contributed by atoms with Gasteiger partial charge in [0.2, 0.25) is 5.76 Å². The predicted molar refractivity (Wildman–Crippen MR) is 62.8 cm³/mol. The lowest BCUT2D eigenvalue weighted by Crippen LogP contribution is -2.28. The van der Waals surface area contributed by atoms with Gasteiger partial charge in [-0.05, 0) is 12.0 Å². The Morgan fingerprint density at radius 2 is 2.22 bits per heavy atom. The van der Waals surface area contributed by atoms with Crippen LogP contribution in [0.15, 0.2) is 17.0 Å². The summed E-state index contributed by atoms with van der Waals surface area (Å²) in [5.74, 6) is -0.478. The third kappa shape index (κ3) is 1.35. The molecule has 0 saturated heterocycles. The minimum absolute atomic E-state index is 0.124. The first kappa shape index (κ1) is 10.9. The van der Waals surface area contributed by atoms with Crippen molar-refractivity contribution in [3.63, 3.8) is 0 Å². The molecule has 1 amide bonds. The van der Waals surface area contributed by atoms with Gasteiger partial charge in [0.05, 0.1) is 5.69 Å². The van der Waals surface area contributed by atoms with Crippen molar-refractivity contribution in [2.45, 2.75) is 25.7 Å². The normalized spacial score (nSPS) is 15.9. The van der Waals surface area contributed by atoms with Crippen molar-refractivity contribution < 1.29 is 9.32 Å². The van der Waals surface area contributed by atoms with Gasteiger partial charge in [0.15, 0.2) is 0 Å². The van der Waals surface area contributed by atoms with E-state index >= 15 is 0 Å². The Hall–Kier alpha value is -2.24.